The quantitative estimate of drug-likeness (QED) is 0.757. The number of hydrogen-bond acceptors (Lipinski definition) is 4. The minimum Gasteiger partial charge on any atom is -0.489 e. The van der Waals surface area contributed by atoms with E-state index < -0.39 is 0 Å². The highest BCUT2D eigenvalue weighted by Crippen LogP contribution is 2.18. The second-order valence-electron chi connectivity index (χ2n) is 5.43. The lowest BCUT2D eigenvalue weighted by Crippen LogP contribution is -2.14. The number of amides is 1. The van der Waals surface area contributed by atoms with Crippen LogP contribution in [-0.4, -0.2) is 20.4 Å². The van der Waals surface area contributed by atoms with Crippen molar-refractivity contribution < 1.29 is 9.53 Å². The van der Waals surface area contributed by atoms with Crippen LogP contribution in [0, 0.1) is 0 Å². The Balaban J connectivity index is 1.57. The molecular formula is C18H18N4O2. The third kappa shape index (κ3) is 4.42. The smallest absolute Gasteiger partial charge is 0.230 e. The summed E-state index contributed by atoms with van der Waals surface area (Å²) in [5.74, 6) is 0.576. The Hall–Kier alpha value is -3.15. The summed E-state index contributed by atoms with van der Waals surface area (Å²) in [6, 6.07) is 11.1. The predicted molar refractivity (Wildman–Crippen MR) is 90.6 cm³/mol. The van der Waals surface area contributed by atoms with Crippen molar-refractivity contribution in [1.29, 1.82) is 0 Å². The van der Waals surface area contributed by atoms with Crippen molar-refractivity contribution >= 4 is 11.6 Å². The van der Waals surface area contributed by atoms with Gasteiger partial charge in [0.2, 0.25) is 5.91 Å². The molecule has 0 aliphatic heterocycles. The van der Waals surface area contributed by atoms with Gasteiger partial charge in [-0.3, -0.25) is 9.78 Å². The number of anilines is 1. The molecule has 24 heavy (non-hydrogen) atoms. The summed E-state index contributed by atoms with van der Waals surface area (Å²) >= 11 is 0. The Bertz CT molecular complexity index is 815. The molecule has 1 amide bonds. The molecule has 2 heterocycles. The van der Waals surface area contributed by atoms with Crippen molar-refractivity contribution in [2.75, 3.05) is 5.32 Å². The number of aromatic nitrogens is 3. The Labute approximate surface area is 140 Å². The van der Waals surface area contributed by atoms with Gasteiger partial charge < -0.3 is 14.6 Å². The zero-order valence-corrected chi connectivity index (χ0v) is 13.3. The van der Waals surface area contributed by atoms with Crippen LogP contribution < -0.4 is 10.1 Å². The van der Waals surface area contributed by atoms with Crippen LogP contribution in [-0.2, 0) is 24.9 Å². The van der Waals surface area contributed by atoms with E-state index >= 15 is 0 Å². The standard InChI is InChI=1S/C18H18N4O2/c1-22-11-16(20-13-22)9-18(23)21-15-5-2-6-17(8-15)24-12-14-4-3-7-19-10-14/h2-8,10-11,13H,9,12H2,1H3,(H,21,23). The second-order valence-corrected chi connectivity index (χ2v) is 5.43. The Morgan fingerprint density at radius 3 is 2.96 bits per heavy atom. The van der Waals surface area contributed by atoms with Crippen LogP contribution in [0.5, 0.6) is 5.75 Å². The maximum Gasteiger partial charge on any atom is 0.230 e. The van der Waals surface area contributed by atoms with Gasteiger partial charge in [0.25, 0.3) is 0 Å². The number of nitrogens with one attached hydrogen (secondary N) is 1. The lowest BCUT2D eigenvalue weighted by molar-refractivity contribution is -0.115. The Kier molecular flexibility index (Phi) is 4.86. The highest BCUT2D eigenvalue weighted by molar-refractivity contribution is 5.92. The summed E-state index contributed by atoms with van der Waals surface area (Å²) < 4.78 is 7.54. The molecule has 3 aromatic rings. The van der Waals surface area contributed by atoms with Gasteiger partial charge >= 0.3 is 0 Å². The van der Waals surface area contributed by atoms with Crippen LogP contribution in [0.25, 0.3) is 0 Å². The molecule has 122 valence electrons. The molecule has 1 N–H and O–H groups in total. The fraction of sp³-hybridized carbons (Fsp3) is 0.167. The second kappa shape index (κ2) is 7.41. The van der Waals surface area contributed by atoms with Crippen molar-refractivity contribution in [3.63, 3.8) is 0 Å². The molecule has 6 heteroatoms. The molecule has 0 spiro atoms. The van der Waals surface area contributed by atoms with E-state index in [-0.39, 0.29) is 12.3 Å². The van der Waals surface area contributed by atoms with E-state index in [0.717, 1.165) is 11.3 Å². The fourth-order valence-electron chi connectivity index (χ4n) is 2.24. The number of pyridine rings is 1. The van der Waals surface area contributed by atoms with Gasteiger partial charge in [0.1, 0.15) is 12.4 Å². The van der Waals surface area contributed by atoms with Gasteiger partial charge in [-0.1, -0.05) is 12.1 Å². The molecule has 0 fully saturated rings. The van der Waals surface area contributed by atoms with E-state index in [0.29, 0.717) is 18.0 Å². The highest BCUT2D eigenvalue weighted by Gasteiger charge is 2.07. The average Bonchev–Trinajstić information content (AvgIpc) is 2.99. The van der Waals surface area contributed by atoms with Gasteiger partial charge in [0.15, 0.2) is 0 Å². The first kappa shape index (κ1) is 15.7. The number of carbonyl (C=O) groups is 1. The number of ether oxygens (including phenoxy) is 1. The number of rotatable bonds is 6. The molecular weight excluding hydrogens is 304 g/mol. The molecule has 0 aliphatic rings. The molecule has 2 aromatic heterocycles. The van der Waals surface area contributed by atoms with Gasteiger partial charge in [-0.15, -0.1) is 0 Å². The summed E-state index contributed by atoms with van der Waals surface area (Å²) in [5.41, 5.74) is 2.42. The zero-order chi connectivity index (χ0) is 16.8. The maximum absolute atomic E-state index is 12.1. The highest BCUT2D eigenvalue weighted by atomic mass is 16.5. The van der Waals surface area contributed by atoms with Gasteiger partial charge in [-0.2, -0.15) is 0 Å². The molecule has 0 unspecified atom stereocenters. The summed E-state index contributed by atoms with van der Waals surface area (Å²) in [5, 5.41) is 2.86. The number of hydrogen-bond donors (Lipinski definition) is 1. The first-order valence-electron chi connectivity index (χ1n) is 7.57. The number of benzene rings is 1. The Morgan fingerprint density at radius 1 is 1.29 bits per heavy atom. The van der Waals surface area contributed by atoms with E-state index in [9.17, 15) is 4.79 Å². The van der Waals surface area contributed by atoms with Crippen LogP contribution in [0.3, 0.4) is 0 Å². The molecule has 3 rings (SSSR count). The summed E-state index contributed by atoms with van der Waals surface area (Å²) in [6.45, 7) is 0.430. The van der Waals surface area contributed by atoms with Crippen molar-refractivity contribution in [2.45, 2.75) is 13.0 Å². The van der Waals surface area contributed by atoms with E-state index in [1.807, 2.05) is 48.1 Å². The lowest BCUT2D eigenvalue weighted by atomic mass is 10.2. The van der Waals surface area contributed by atoms with E-state index in [2.05, 4.69) is 15.3 Å². The molecule has 0 saturated carbocycles. The first-order valence-corrected chi connectivity index (χ1v) is 7.57. The fourth-order valence-corrected chi connectivity index (χ4v) is 2.24. The first-order chi connectivity index (χ1) is 11.7. The topological polar surface area (TPSA) is 69.0 Å². The third-order valence-electron chi connectivity index (χ3n) is 3.35. The molecule has 0 aliphatic carbocycles. The molecule has 0 bridgehead atoms. The van der Waals surface area contributed by atoms with Crippen LogP contribution in [0.4, 0.5) is 5.69 Å². The maximum atomic E-state index is 12.1. The molecule has 6 nitrogen and oxygen atoms in total. The number of nitrogens with zero attached hydrogens (tertiary/aromatic N) is 3. The van der Waals surface area contributed by atoms with Gasteiger partial charge in [-0.25, -0.2) is 4.98 Å². The Morgan fingerprint density at radius 2 is 2.21 bits per heavy atom. The van der Waals surface area contributed by atoms with Gasteiger partial charge in [-0.05, 0) is 18.2 Å². The molecule has 0 atom stereocenters. The zero-order valence-electron chi connectivity index (χ0n) is 13.3. The minimum absolute atomic E-state index is 0.113. The van der Waals surface area contributed by atoms with Crippen LogP contribution in [0.15, 0.2) is 61.3 Å². The van der Waals surface area contributed by atoms with Crippen LogP contribution in [0.2, 0.25) is 0 Å². The molecule has 1 aromatic carbocycles. The van der Waals surface area contributed by atoms with Crippen molar-refractivity contribution in [2.24, 2.45) is 7.05 Å². The summed E-state index contributed by atoms with van der Waals surface area (Å²) in [6.07, 6.45) is 7.23. The number of aryl methyl sites for hydroxylation is 1. The van der Waals surface area contributed by atoms with Crippen molar-refractivity contribution in [1.82, 2.24) is 14.5 Å². The largest absolute Gasteiger partial charge is 0.489 e. The van der Waals surface area contributed by atoms with Crippen molar-refractivity contribution in [3.8, 4) is 5.75 Å². The summed E-state index contributed by atoms with van der Waals surface area (Å²) in [4.78, 5) is 20.3. The SMILES string of the molecule is Cn1cnc(CC(=O)Nc2cccc(OCc3cccnc3)c2)c1. The van der Waals surface area contributed by atoms with Crippen LogP contribution in [0.1, 0.15) is 11.3 Å². The minimum atomic E-state index is -0.113. The van der Waals surface area contributed by atoms with Gasteiger partial charge in [0, 0.05) is 43.0 Å². The van der Waals surface area contributed by atoms with E-state index in [4.69, 9.17) is 4.74 Å². The lowest BCUT2D eigenvalue weighted by Gasteiger charge is -2.09. The average molecular weight is 322 g/mol. The normalized spacial score (nSPS) is 10.4. The van der Waals surface area contributed by atoms with E-state index in [1.165, 1.54) is 0 Å². The third-order valence-corrected chi connectivity index (χ3v) is 3.35. The number of imidazole rings is 1. The van der Waals surface area contributed by atoms with E-state index in [1.54, 1.807) is 24.8 Å². The molecule has 0 radical (unpaired) electrons. The number of carbonyl (C=O) groups excluding carboxylic acids is 1. The van der Waals surface area contributed by atoms with Crippen molar-refractivity contribution in [3.05, 3.63) is 72.6 Å². The van der Waals surface area contributed by atoms with Gasteiger partial charge in [0.05, 0.1) is 18.4 Å². The monoisotopic (exact) mass is 322 g/mol. The predicted octanol–water partition coefficient (Wildman–Crippen LogP) is 2.58. The summed E-state index contributed by atoms with van der Waals surface area (Å²) in [7, 11) is 1.87. The van der Waals surface area contributed by atoms with Crippen LogP contribution >= 0.6 is 0 Å². The molecule has 0 saturated heterocycles.